The van der Waals surface area contributed by atoms with Crippen molar-refractivity contribution in [3.8, 4) is 0 Å². The Labute approximate surface area is 158 Å². The van der Waals surface area contributed by atoms with Gasteiger partial charge in [-0.1, -0.05) is 32.6 Å². The number of rotatable bonds is 0. The third kappa shape index (κ3) is 6.72. The van der Waals surface area contributed by atoms with E-state index in [2.05, 4.69) is 20.8 Å². The molecule has 0 atom stereocenters. The maximum atomic E-state index is 12.6. The Kier molecular flexibility index (Phi) is 9.80. The molecule has 102 valence electrons. The van der Waals surface area contributed by atoms with Gasteiger partial charge >= 0.3 is 51.4 Å². The van der Waals surface area contributed by atoms with Gasteiger partial charge in [0.2, 0.25) is 0 Å². The summed E-state index contributed by atoms with van der Waals surface area (Å²) in [6, 6.07) is 2.95. The summed E-state index contributed by atoms with van der Waals surface area (Å²) in [5, 5.41) is 0. The van der Waals surface area contributed by atoms with Gasteiger partial charge < -0.3 is 6.92 Å². The normalized spacial score (nSPS) is 21.9. The van der Waals surface area contributed by atoms with E-state index in [1.165, 1.54) is 44.7 Å². The Morgan fingerprint density at radius 3 is 2.00 bits per heavy atom. The first-order valence-electron chi connectivity index (χ1n) is 6.51. The van der Waals surface area contributed by atoms with Crippen LogP contribution in [0.4, 0.5) is 8.78 Å². The SMILES string of the molecule is [CH2-]C1CCC(C)CC1.[CH2-]c1ccc(C)c(F)c1F.[K+]. The molecule has 0 aliphatic heterocycles. The van der Waals surface area contributed by atoms with Gasteiger partial charge in [-0.15, -0.1) is 6.07 Å². The van der Waals surface area contributed by atoms with Crippen molar-refractivity contribution in [2.24, 2.45) is 11.8 Å². The van der Waals surface area contributed by atoms with Crippen LogP contribution in [0.1, 0.15) is 43.7 Å². The van der Waals surface area contributed by atoms with E-state index in [9.17, 15) is 8.78 Å². The van der Waals surface area contributed by atoms with E-state index in [4.69, 9.17) is 0 Å². The molecule has 0 aromatic heterocycles. The molecular formula is C16H22F2K-. The van der Waals surface area contributed by atoms with Gasteiger partial charge in [-0.3, -0.25) is 4.39 Å². The standard InChI is InChI=1S/C8H7F2.C8H15.K/c1-5-3-4-6(2)8(10)7(5)9;1-7-3-5-8(2)6-4-7;/h3-4H,1H2,2H3;7-8H,1,3-6H2,2H3;/q2*-1;+1. The zero-order chi connectivity index (χ0) is 13.7. The van der Waals surface area contributed by atoms with E-state index in [1.807, 2.05) is 0 Å². The molecule has 0 spiro atoms. The molecule has 3 heteroatoms. The number of halogens is 2. The molecule has 0 radical (unpaired) electrons. The van der Waals surface area contributed by atoms with Crippen molar-refractivity contribution >= 4 is 0 Å². The Morgan fingerprint density at radius 1 is 1.05 bits per heavy atom. The third-order valence-corrected chi connectivity index (χ3v) is 3.49. The maximum Gasteiger partial charge on any atom is 1.00 e. The van der Waals surface area contributed by atoms with Gasteiger partial charge in [-0.2, -0.15) is 24.5 Å². The molecule has 0 nitrogen and oxygen atoms in total. The van der Waals surface area contributed by atoms with Crippen LogP contribution < -0.4 is 51.4 Å². The number of hydrogen-bond acceptors (Lipinski definition) is 0. The van der Waals surface area contributed by atoms with Crippen LogP contribution in [-0.2, 0) is 0 Å². The Bertz CT molecular complexity index is 346. The van der Waals surface area contributed by atoms with Gasteiger partial charge in [0.05, 0.1) is 5.82 Å². The quantitative estimate of drug-likeness (QED) is 0.507. The predicted molar refractivity (Wildman–Crippen MR) is 72.0 cm³/mol. The van der Waals surface area contributed by atoms with Crippen LogP contribution in [0.3, 0.4) is 0 Å². The fourth-order valence-corrected chi connectivity index (χ4v) is 2.02. The summed E-state index contributed by atoms with van der Waals surface area (Å²) < 4.78 is 25.1. The molecule has 1 aromatic rings. The fraction of sp³-hybridized carbons (Fsp3) is 0.500. The van der Waals surface area contributed by atoms with Crippen LogP contribution in [0.15, 0.2) is 12.1 Å². The summed E-state index contributed by atoms with van der Waals surface area (Å²) in [6.45, 7) is 11.2. The van der Waals surface area contributed by atoms with Gasteiger partial charge in [0.25, 0.3) is 0 Å². The van der Waals surface area contributed by atoms with Crippen LogP contribution in [0.25, 0.3) is 0 Å². The molecular weight excluding hydrogens is 269 g/mol. The topological polar surface area (TPSA) is 0 Å². The summed E-state index contributed by atoms with van der Waals surface area (Å²) in [5.41, 5.74) is 0.410. The molecule has 0 heterocycles. The zero-order valence-electron chi connectivity index (χ0n) is 12.3. The molecule has 0 unspecified atom stereocenters. The number of hydrogen-bond donors (Lipinski definition) is 0. The van der Waals surface area contributed by atoms with E-state index >= 15 is 0 Å². The van der Waals surface area contributed by atoms with Crippen molar-refractivity contribution in [1.82, 2.24) is 0 Å². The minimum Gasteiger partial charge on any atom is -0.340 e. The van der Waals surface area contributed by atoms with Crippen molar-refractivity contribution in [2.75, 3.05) is 0 Å². The van der Waals surface area contributed by atoms with Crippen LogP contribution in [0, 0.1) is 44.2 Å². The smallest absolute Gasteiger partial charge is 0.340 e. The fourth-order valence-electron chi connectivity index (χ4n) is 2.02. The van der Waals surface area contributed by atoms with Gasteiger partial charge in [-0.05, 0) is 18.4 Å². The average Bonchev–Trinajstić information content (AvgIpc) is 2.36. The zero-order valence-corrected chi connectivity index (χ0v) is 15.4. The maximum absolute atomic E-state index is 12.6. The first kappa shape index (κ1) is 19.6. The summed E-state index contributed by atoms with van der Waals surface area (Å²) in [5.74, 6) is 0.103. The molecule has 1 fully saturated rings. The summed E-state index contributed by atoms with van der Waals surface area (Å²) in [4.78, 5) is 0. The van der Waals surface area contributed by atoms with Crippen molar-refractivity contribution in [3.05, 3.63) is 48.7 Å². The van der Waals surface area contributed by atoms with Crippen molar-refractivity contribution in [3.63, 3.8) is 0 Å². The first-order chi connectivity index (χ1) is 8.41. The molecule has 1 saturated carbocycles. The van der Waals surface area contributed by atoms with Crippen molar-refractivity contribution < 1.29 is 60.2 Å². The van der Waals surface area contributed by atoms with Crippen LogP contribution in [0.2, 0.25) is 0 Å². The molecule has 1 aliphatic rings. The number of aryl methyl sites for hydroxylation is 1. The van der Waals surface area contributed by atoms with Gasteiger partial charge in [0.1, 0.15) is 5.82 Å². The second kappa shape index (κ2) is 9.51. The summed E-state index contributed by atoms with van der Waals surface area (Å²) in [7, 11) is 0. The second-order valence-electron chi connectivity index (χ2n) is 5.30. The minimum absolute atomic E-state index is 0. The van der Waals surface area contributed by atoms with E-state index < -0.39 is 11.6 Å². The Hall–Kier alpha value is 0.586. The Morgan fingerprint density at radius 2 is 1.58 bits per heavy atom. The van der Waals surface area contributed by atoms with E-state index in [-0.39, 0.29) is 56.9 Å². The predicted octanol–water partition coefficient (Wildman–Crippen LogP) is 2.11. The summed E-state index contributed by atoms with van der Waals surface area (Å²) >= 11 is 0. The molecule has 0 bridgehead atoms. The van der Waals surface area contributed by atoms with Crippen LogP contribution in [0.5, 0.6) is 0 Å². The second-order valence-corrected chi connectivity index (χ2v) is 5.30. The van der Waals surface area contributed by atoms with E-state index in [1.54, 1.807) is 0 Å². The monoisotopic (exact) mass is 291 g/mol. The van der Waals surface area contributed by atoms with E-state index in [0.717, 1.165) is 11.8 Å². The van der Waals surface area contributed by atoms with E-state index in [0.29, 0.717) is 5.56 Å². The molecule has 1 aromatic carbocycles. The van der Waals surface area contributed by atoms with Crippen molar-refractivity contribution in [2.45, 2.75) is 39.5 Å². The molecule has 19 heavy (non-hydrogen) atoms. The Balaban J connectivity index is 0.000000331. The molecule has 0 amide bonds. The molecule has 0 saturated heterocycles. The first-order valence-corrected chi connectivity index (χ1v) is 6.51. The van der Waals surface area contributed by atoms with Crippen molar-refractivity contribution in [1.29, 1.82) is 0 Å². The minimum atomic E-state index is -0.847. The number of benzene rings is 1. The molecule has 2 rings (SSSR count). The molecule has 0 N–H and O–H groups in total. The van der Waals surface area contributed by atoms with Gasteiger partial charge in [0, 0.05) is 0 Å². The summed E-state index contributed by atoms with van der Waals surface area (Å²) in [6.07, 6.45) is 5.55. The largest absolute Gasteiger partial charge is 1.00 e. The van der Waals surface area contributed by atoms with Crippen LogP contribution >= 0.6 is 0 Å². The average molecular weight is 291 g/mol. The van der Waals surface area contributed by atoms with Crippen LogP contribution in [-0.4, -0.2) is 0 Å². The third-order valence-electron chi connectivity index (χ3n) is 3.49. The molecule has 1 aliphatic carbocycles. The van der Waals surface area contributed by atoms with Gasteiger partial charge in [0.15, 0.2) is 0 Å². The van der Waals surface area contributed by atoms with Gasteiger partial charge in [-0.25, -0.2) is 4.39 Å².